The van der Waals surface area contributed by atoms with E-state index in [9.17, 15) is 0 Å². The molecule has 0 aliphatic carbocycles. The Kier molecular flexibility index (Phi) is 4.52. The molecule has 84 valence electrons. The Hall–Kier alpha value is -0.160. The lowest BCUT2D eigenvalue weighted by molar-refractivity contribution is 0.281. The Morgan fingerprint density at radius 1 is 1.27 bits per heavy atom. The normalized spacial score (nSPS) is 11.8. The van der Waals surface area contributed by atoms with Gasteiger partial charge in [0, 0.05) is 4.90 Å². The Labute approximate surface area is 98.7 Å². The van der Waals surface area contributed by atoms with E-state index in [-0.39, 0.29) is 12.0 Å². The van der Waals surface area contributed by atoms with Crippen LogP contribution in [0.2, 0.25) is 0 Å². The van der Waals surface area contributed by atoms with E-state index >= 15 is 0 Å². The highest BCUT2D eigenvalue weighted by Gasteiger charge is 2.18. The maximum atomic E-state index is 9.09. The van der Waals surface area contributed by atoms with Gasteiger partial charge < -0.3 is 9.66 Å². The smallest absolute Gasteiger partial charge is 0.0681 e. The van der Waals surface area contributed by atoms with Crippen molar-refractivity contribution in [1.29, 1.82) is 0 Å². The van der Waals surface area contributed by atoms with E-state index in [0.717, 1.165) is 27.1 Å². The summed E-state index contributed by atoms with van der Waals surface area (Å²) in [6.07, 6.45) is 0. The number of aliphatic hydroxyl groups excluding tert-OH is 1. The van der Waals surface area contributed by atoms with Crippen LogP contribution in [0.1, 0.15) is 31.9 Å². The molecule has 0 saturated carbocycles. The minimum Gasteiger partial charge on any atom is -0.392 e. The van der Waals surface area contributed by atoms with Crippen molar-refractivity contribution in [2.24, 2.45) is 0 Å². The fourth-order valence-corrected chi connectivity index (χ4v) is 2.71. The SMILES string of the molecule is CC(C)(C)c1cc(CO)ccc1SSO. The average Bonchev–Trinajstić information content (AvgIpc) is 2.17. The van der Waals surface area contributed by atoms with Gasteiger partial charge in [-0.2, -0.15) is 0 Å². The molecule has 0 spiro atoms. The van der Waals surface area contributed by atoms with E-state index in [1.165, 1.54) is 10.8 Å². The first-order valence-corrected chi connectivity index (χ1v) is 6.82. The van der Waals surface area contributed by atoms with Crippen LogP contribution in [0.3, 0.4) is 0 Å². The van der Waals surface area contributed by atoms with Crippen molar-refractivity contribution in [3.63, 3.8) is 0 Å². The Balaban J connectivity index is 3.16. The van der Waals surface area contributed by atoms with Gasteiger partial charge in [0.1, 0.15) is 0 Å². The van der Waals surface area contributed by atoms with Gasteiger partial charge >= 0.3 is 0 Å². The van der Waals surface area contributed by atoms with Gasteiger partial charge in [-0.05, 0) is 33.4 Å². The van der Waals surface area contributed by atoms with Gasteiger partial charge in [0.25, 0.3) is 0 Å². The molecule has 0 amide bonds. The van der Waals surface area contributed by atoms with Gasteiger partial charge in [0.15, 0.2) is 0 Å². The number of hydrogen-bond acceptors (Lipinski definition) is 4. The zero-order chi connectivity index (χ0) is 11.5. The molecule has 0 aliphatic rings. The third-order valence-electron chi connectivity index (χ3n) is 2.16. The second-order valence-electron chi connectivity index (χ2n) is 4.40. The Bertz CT molecular complexity index is 332. The van der Waals surface area contributed by atoms with E-state index < -0.39 is 0 Å². The summed E-state index contributed by atoms with van der Waals surface area (Å²) in [5.41, 5.74) is 2.08. The highest BCUT2D eigenvalue weighted by molar-refractivity contribution is 8.74. The van der Waals surface area contributed by atoms with Gasteiger partial charge in [-0.1, -0.05) is 32.9 Å². The van der Waals surface area contributed by atoms with Gasteiger partial charge in [-0.3, -0.25) is 0 Å². The minimum absolute atomic E-state index is 0.0171. The summed E-state index contributed by atoms with van der Waals surface area (Å²) in [6.45, 7) is 6.42. The highest BCUT2D eigenvalue weighted by Crippen LogP contribution is 2.37. The average molecular weight is 244 g/mol. The zero-order valence-corrected chi connectivity index (χ0v) is 10.8. The summed E-state index contributed by atoms with van der Waals surface area (Å²) < 4.78 is 8.87. The maximum absolute atomic E-state index is 9.09. The van der Waals surface area contributed by atoms with Crippen LogP contribution in [0.4, 0.5) is 0 Å². The third kappa shape index (κ3) is 3.41. The molecule has 15 heavy (non-hydrogen) atoms. The van der Waals surface area contributed by atoms with Crippen LogP contribution in [-0.4, -0.2) is 9.66 Å². The molecule has 1 aromatic rings. The van der Waals surface area contributed by atoms with Crippen LogP contribution in [0, 0.1) is 0 Å². The second-order valence-corrected chi connectivity index (χ2v) is 6.10. The first-order chi connectivity index (χ1) is 6.99. The zero-order valence-electron chi connectivity index (χ0n) is 9.15. The topological polar surface area (TPSA) is 40.5 Å². The number of hydrogen-bond donors (Lipinski definition) is 2. The first kappa shape index (κ1) is 12.9. The molecule has 1 aromatic carbocycles. The van der Waals surface area contributed by atoms with E-state index in [0.29, 0.717) is 0 Å². The number of aliphatic hydroxyl groups is 1. The lowest BCUT2D eigenvalue weighted by atomic mass is 9.86. The molecule has 2 nitrogen and oxygen atoms in total. The molecular weight excluding hydrogens is 228 g/mol. The van der Waals surface area contributed by atoms with Crippen LogP contribution in [0.25, 0.3) is 0 Å². The van der Waals surface area contributed by atoms with Crippen molar-refractivity contribution in [3.05, 3.63) is 29.3 Å². The van der Waals surface area contributed by atoms with E-state index in [4.69, 9.17) is 9.66 Å². The summed E-state index contributed by atoms with van der Waals surface area (Å²) >= 11 is 0.753. The van der Waals surface area contributed by atoms with Crippen LogP contribution in [0.5, 0.6) is 0 Å². The lowest BCUT2D eigenvalue weighted by Gasteiger charge is -2.22. The lowest BCUT2D eigenvalue weighted by Crippen LogP contribution is -2.12. The van der Waals surface area contributed by atoms with Crippen LogP contribution >= 0.6 is 21.9 Å². The monoisotopic (exact) mass is 244 g/mol. The van der Waals surface area contributed by atoms with Crippen molar-refractivity contribution < 1.29 is 9.66 Å². The molecular formula is C11H16O2S2. The van der Waals surface area contributed by atoms with Crippen molar-refractivity contribution in [1.82, 2.24) is 0 Å². The Morgan fingerprint density at radius 2 is 1.93 bits per heavy atom. The summed E-state index contributed by atoms with van der Waals surface area (Å²) in [4.78, 5) is 1.05. The molecule has 2 N–H and O–H groups in total. The fraction of sp³-hybridized carbons (Fsp3) is 0.455. The van der Waals surface area contributed by atoms with Crippen LogP contribution < -0.4 is 0 Å². The minimum atomic E-state index is 0.0171. The molecule has 0 atom stereocenters. The predicted molar refractivity (Wildman–Crippen MR) is 67.1 cm³/mol. The standard InChI is InChI=1S/C11H16O2S2/c1-11(2,3)9-6-8(7-12)4-5-10(9)14-15-13/h4-6,12-13H,7H2,1-3H3. The summed E-state index contributed by atoms with van der Waals surface area (Å²) in [5, 5.41) is 9.09. The predicted octanol–water partition coefficient (Wildman–Crippen LogP) is 3.69. The van der Waals surface area contributed by atoms with Crippen molar-refractivity contribution in [3.8, 4) is 0 Å². The maximum Gasteiger partial charge on any atom is 0.0681 e. The van der Waals surface area contributed by atoms with Crippen molar-refractivity contribution in [2.75, 3.05) is 0 Å². The summed E-state index contributed by atoms with van der Waals surface area (Å²) in [5.74, 6) is 0. The largest absolute Gasteiger partial charge is 0.392 e. The molecule has 0 heterocycles. The van der Waals surface area contributed by atoms with E-state index in [1.54, 1.807) is 0 Å². The summed E-state index contributed by atoms with van der Waals surface area (Å²) in [6, 6.07) is 5.83. The van der Waals surface area contributed by atoms with Crippen LogP contribution in [-0.2, 0) is 12.0 Å². The van der Waals surface area contributed by atoms with Crippen LogP contribution in [0.15, 0.2) is 23.1 Å². The summed E-state index contributed by atoms with van der Waals surface area (Å²) in [7, 11) is 1.34. The molecule has 4 heteroatoms. The molecule has 1 rings (SSSR count). The first-order valence-electron chi connectivity index (χ1n) is 4.71. The molecule has 0 aromatic heterocycles. The van der Waals surface area contributed by atoms with Gasteiger partial charge in [-0.15, -0.1) is 0 Å². The fourth-order valence-electron chi connectivity index (χ4n) is 1.37. The van der Waals surface area contributed by atoms with Gasteiger partial charge in [0.2, 0.25) is 0 Å². The number of benzene rings is 1. The molecule has 0 unspecified atom stereocenters. The molecule has 0 fully saturated rings. The molecule has 0 radical (unpaired) electrons. The van der Waals surface area contributed by atoms with Gasteiger partial charge in [-0.25, -0.2) is 0 Å². The molecule has 0 saturated heterocycles. The van der Waals surface area contributed by atoms with Crippen molar-refractivity contribution in [2.45, 2.75) is 37.7 Å². The van der Waals surface area contributed by atoms with Crippen molar-refractivity contribution >= 4 is 21.9 Å². The second kappa shape index (κ2) is 5.25. The van der Waals surface area contributed by atoms with E-state index in [1.807, 2.05) is 18.2 Å². The Morgan fingerprint density at radius 3 is 2.40 bits per heavy atom. The molecule has 0 aliphatic heterocycles. The third-order valence-corrected chi connectivity index (χ3v) is 3.53. The number of rotatable bonds is 3. The van der Waals surface area contributed by atoms with E-state index in [2.05, 4.69) is 20.8 Å². The quantitative estimate of drug-likeness (QED) is 0.628. The van der Waals surface area contributed by atoms with Gasteiger partial charge in [0.05, 0.1) is 17.7 Å². The molecule has 0 bridgehead atoms. The highest BCUT2D eigenvalue weighted by atomic mass is 33.1.